The molecule has 0 aliphatic carbocycles. The van der Waals surface area contributed by atoms with Crippen molar-refractivity contribution in [2.75, 3.05) is 26.8 Å². The molecule has 0 aromatic heterocycles. The predicted octanol–water partition coefficient (Wildman–Crippen LogP) is 3.46. The maximum absolute atomic E-state index is 6.40. The Hall–Kier alpha value is -1.26. The summed E-state index contributed by atoms with van der Waals surface area (Å²) in [6.45, 7) is 4.97. The molecule has 122 valence electrons. The topological polar surface area (TPSA) is 39.7 Å². The van der Waals surface area contributed by atoms with Gasteiger partial charge in [0.2, 0.25) is 0 Å². The first-order chi connectivity index (χ1) is 10.8. The maximum atomic E-state index is 6.40. The normalized spacial score (nSPS) is 22.9. The average molecular weight is 305 g/mol. The highest BCUT2D eigenvalue weighted by Crippen LogP contribution is 2.45. The summed E-state index contributed by atoms with van der Waals surface area (Å²) < 4.78 is 18.0. The Balaban J connectivity index is 1.79. The summed E-state index contributed by atoms with van der Waals surface area (Å²) in [7, 11) is 1.79. The second kappa shape index (κ2) is 6.88. The van der Waals surface area contributed by atoms with E-state index in [4.69, 9.17) is 14.2 Å². The van der Waals surface area contributed by atoms with Crippen LogP contribution in [0.1, 0.15) is 50.7 Å². The van der Waals surface area contributed by atoms with E-state index in [1.165, 1.54) is 0 Å². The predicted molar refractivity (Wildman–Crippen MR) is 86.7 cm³/mol. The van der Waals surface area contributed by atoms with E-state index in [0.717, 1.165) is 68.9 Å². The Kier molecular flexibility index (Phi) is 4.89. The standard InChI is InChI=1S/C18H27NO3/c1-3-4-11-21-14-5-6-16-15(12-14)17(20-2)13-18(22-16)7-9-19-10-8-18/h5-6,12,17,19H,3-4,7-11,13H2,1-2H3. The molecule has 1 atom stereocenters. The third-order valence-electron chi connectivity index (χ3n) is 4.78. The molecule has 4 nitrogen and oxygen atoms in total. The average Bonchev–Trinajstić information content (AvgIpc) is 2.55. The quantitative estimate of drug-likeness (QED) is 0.846. The van der Waals surface area contributed by atoms with Gasteiger partial charge in [-0.05, 0) is 50.6 Å². The van der Waals surface area contributed by atoms with E-state index in [1.54, 1.807) is 7.11 Å². The zero-order valence-electron chi connectivity index (χ0n) is 13.7. The largest absolute Gasteiger partial charge is 0.494 e. The summed E-state index contributed by atoms with van der Waals surface area (Å²) in [6, 6.07) is 6.15. The highest BCUT2D eigenvalue weighted by atomic mass is 16.5. The fourth-order valence-corrected chi connectivity index (χ4v) is 3.42. The van der Waals surface area contributed by atoms with Crippen LogP contribution in [-0.2, 0) is 4.74 Å². The van der Waals surface area contributed by atoms with E-state index >= 15 is 0 Å². The van der Waals surface area contributed by atoms with Gasteiger partial charge in [-0.3, -0.25) is 0 Å². The molecule has 0 bridgehead atoms. The van der Waals surface area contributed by atoms with Crippen molar-refractivity contribution in [1.29, 1.82) is 0 Å². The van der Waals surface area contributed by atoms with E-state index in [1.807, 2.05) is 12.1 Å². The van der Waals surface area contributed by atoms with Crippen LogP contribution in [0.4, 0.5) is 0 Å². The number of hydrogen-bond acceptors (Lipinski definition) is 4. The first-order valence-electron chi connectivity index (χ1n) is 8.45. The molecule has 1 saturated heterocycles. The highest BCUT2D eigenvalue weighted by molar-refractivity contribution is 5.44. The molecule has 1 aromatic rings. The van der Waals surface area contributed by atoms with Crippen LogP contribution in [0, 0.1) is 0 Å². The second-order valence-electron chi connectivity index (χ2n) is 6.37. The smallest absolute Gasteiger partial charge is 0.126 e. The molecule has 22 heavy (non-hydrogen) atoms. The van der Waals surface area contributed by atoms with Crippen molar-refractivity contribution in [3.8, 4) is 11.5 Å². The number of piperidine rings is 1. The number of benzene rings is 1. The Bertz CT molecular complexity index is 497. The molecule has 2 aliphatic heterocycles. The molecule has 1 N–H and O–H groups in total. The number of methoxy groups -OCH3 is 1. The van der Waals surface area contributed by atoms with Gasteiger partial charge in [-0.15, -0.1) is 0 Å². The van der Waals surface area contributed by atoms with Crippen LogP contribution in [0.25, 0.3) is 0 Å². The van der Waals surface area contributed by atoms with Crippen molar-refractivity contribution < 1.29 is 14.2 Å². The molecule has 1 aromatic carbocycles. The number of nitrogens with one attached hydrogen (secondary N) is 1. The summed E-state index contributed by atoms with van der Waals surface area (Å²) in [4.78, 5) is 0. The highest BCUT2D eigenvalue weighted by Gasteiger charge is 2.42. The van der Waals surface area contributed by atoms with Crippen LogP contribution in [0.2, 0.25) is 0 Å². The zero-order chi connectivity index (χ0) is 15.4. The Morgan fingerprint density at radius 3 is 2.86 bits per heavy atom. The first kappa shape index (κ1) is 15.6. The molecule has 4 heteroatoms. The first-order valence-corrected chi connectivity index (χ1v) is 8.45. The van der Waals surface area contributed by atoms with Crippen LogP contribution in [-0.4, -0.2) is 32.4 Å². The maximum Gasteiger partial charge on any atom is 0.126 e. The summed E-state index contributed by atoms with van der Waals surface area (Å²) in [5.41, 5.74) is 1.06. The number of rotatable bonds is 5. The van der Waals surface area contributed by atoms with Crippen molar-refractivity contribution in [3.63, 3.8) is 0 Å². The minimum atomic E-state index is -0.0660. The van der Waals surface area contributed by atoms with Gasteiger partial charge in [0.05, 0.1) is 12.7 Å². The Morgan fingerprint density at radius 1 is 1.32 bits per heavy atom. The molecular weight excluding hydrogens is 278 g/mol. The number of ether oxygens (including phenoxy) is 3. The van der Waals surface area contributed by atoms with E-state index < -0.39 is 0 Å². The zero-order valence-corrected chi connectivity index (χ0v) is 13.7. The second-order valence-corrected chi connectivity index (χ2v) is 6.37. The van der Waals surface area contributed by atoms with Gasteiger partial charge in [-0.25, -0.2) is 0 Å². The van der Waals surface area contributed by atoms with Gasteiger partial charge in [0.25, 0.3) is 0 Å². The van der Waals surface area contributed by atoms with Crippen LogP contribution < -0.4 is 14.8 Å². The van der Waals surface area contributed by atoms with Gasteiger partial charge in [-0.2, -0.15) is 0 Å². The lowest BCUT2D eigenvalue weighted by Gasteiger charge is -2.44. The van der Waals surface area contributed by atoms with Crippen LogP contribution >= 0.6 is 0 Å². The van der Waals surface area contributed by atoms with Gasteiger partial charge >= 0.3 is 0 Å². The molecule has 2 aliphatic rings. The van der Waals surface area contributed by atoms with Crippen LogP contribution in [0.15, 0.2) is 18.2 Å². The molecular formula is C18H27NO3. The molecule has 1 fully saturated rings. The fourth-order valence-electron chi connectivity index (χ4n) is 3.42. The monoisotopic (exact) mass is 305 g/mol. The van der Waals surface area contributed by atoms with E-state index in [9.17, 15) is 0 Å². The summed E-state index contributed by atoms with van der Waals surface area (Å²) >= 11 is 0. The molecule has 3 rings (SSSR count). The van der Waals surface area contributed by atoms with Gasteiger partial charge in [-0.1, -0.05) is 13.3 Å². The molecule has 1 unspecified atom stereocenters. The summed E-state index contributed by atoms with van der Waals surface area (Å²) in [5.74, 6) is 1.88. The lowest BCUT2D eigenvalue weighted by Crippen LogP contribution is -2.49. The van der Waals surface area contributed by atoms with Crippen molar-refractivity contribution in [2.45, 2.75) is 50.7 Å². The van der Waals surface area contributed by atoms with Gasteiger partial charge < -0.3 is 19.5 Å². The molecule has 2 heterocycles. The lowest BCUT2D eigenvalue weighted by atomic mass is 9.82. The number of unbranched alkanes of at least 4 members (excludes halogenated alkanes) is 1. The third-order valence-corrected chi connectivity index (χ3v) is 4.78. The Labute approximate surface area is 133 Å². The van der Waals surface area contributed by atoms with E-state index in [-0.39, 0.29) is 11.7 Å². The number of hydrogen-bond donors (Lipinski definition) is 1. The van der Waals surface area contributed by atoms with E-state index in [2.05, 4.69) is 18.3 Å². The van der Waals surface area contributed by atoms with Crippen LogP contribution in [0.3, 0.4) is 0 Å². The fraction of sp³-hybridized carbons (Fsp3) is 0.667. The van der Waals surface area contributed by atoms with E-state index in [0.29, 0.717) is 0 Å². The van der Waals surface area contributed by atoms with Gasteiger partial charge in [0.1, 0.15) is 17.1 Å². The van der Waals surface area contributed by atoms with Gasteiger partial charge in [0.15, 0.2) is 0 Å². The lowest BCUT2D eigenvalue weighted by molar-refractivity contribution is -0.0480. The van der Waals surface area contributed by atoms with Gasteiger partial charge in [0, 0.05) is 19.1 Å². The van der Waals surface area contributed by atoms with Crippen LogP contribution in [0.5, 0.6) is 11.5 Å². The SMILES string of the molecule is CCCCOc1ccc2c(c1)C(OC)CC1(CCNCC1)O2. The van der Waals surface area contributed by atoms with Crippen molar-refractivity contribution in [1.82, 2.24) is 5.32 Å². The summed E-state index contributed by atoms with van der Waals surface area (Å²) in [5, 5.41) is 3.41. The third kappa shape index (κ3) is 3.23. The van der Waals surface area contributed by atoms with Crippen molar-refractivity contribution in [3.05, 3.63) is 23.8 Å². The molecule has 0 radical (unpaired) electrons. The molecule has 0 amide bonds. The summed E-state index contributed by atoms with van der Waals surface area (Å²) in [6.07, 6.45) is 5.33. The minimum Gasteiger partial charge on any atom is -0.494 e. The minimum absolute atomic E-state index is 0.0660. The van der Waals surface area contributed by atoms with Crippen molar-refractivity contribution in [2.24, 2.45) is 0 Å². The Morgan fingerprint density at radius 2 is 2.14 bits per heavy atom. The molecule has 0 saturated carbocycles. The molecule has 1 spiro atoms. The number of fused-ring (bicyclic) bond motifs is 1. The van der Waals surface area contributed by atoms with Crippen molar-refractivity contribution >= 4 is 0 Å².